The summed E-state index contributed by atoms with van der Waals surface area (Å²) in [6, 6.07) is 0. The van der Waals surface area contributed by atoms with Gasteiger partial charge in [-0.2, -0.15) is 5.10 Å². The zero-order valence-corrected chi connectivity index (χ0v) is 11.7. The number of fused-ring (bicyclic) bond motifs is 2. The molecule has 2 bridgehead atoms. The van der Waals surface area contributed by atoms with E-state index in [1.165, 1.54) is 31.5 Å². The predicted molar refractivity (Wildman–Crippen MR) is 70.6 cm³/mol. The third-order valence-electron chi connectivity index (χ3n) is 4.44. The quantitative estimate of drug-likeness (QED) is 0.774. The second-order valence-electron chi connectivity index (χ2n) is 6.67. The van der Waals surface area contributed by atoms with Gasteiger partial charge in [0.2, 0.25) is 0 Å². The second kappa shape index (κ2) is 3.67. The largest absolute Gasteiger partial charge is 0.299 e. The van der Waals surface area contributed by atoms with E-state index < -0.39 is 0 Å². The SMILES string of the molecule is CC(C)(C)n1c(C2CC3CCC2C3)n[nH]c1=S. The van der Waals surface area contributed by atoms with Crippen molar-refractivity contribution in [3.63, 3.8) is 0 Å². The van der Waals surface area contributed by atoms with E-state index in [-0.39, 0.29) is 5.54 Å². The van der Waals surface area contributed by atoms with Crippen LogP contribution in [-0.2, 0) is 5.54 Å². The van der Waals surface area contributed by atoms with Crippen LogP contribution < -0.4 is 0 Å². The molecule has 3 atom stereocenters. The number of hydrogen-bond acceptors (Lipinski definition) is 2. The lowest BCUT2D eigenvalue weighted by atomic mass is 9.87. The van der Waals surface area contributed by atoms with E-state index in [9.17, 15) is 0 Å². The van der Waals surface area contributed by atoms with Gasteiger partial charge in [0.05, 0.1) is 0 Å². The number of rotatable bonds is 1. The first-order valence-electron chi connectivity index (χ1n) is 6.64. The second-order valence-corrected chi connectivity index (χ2v) is 7.06. The number of H-pyrrole nitrogens is 1. The third-order valence-corrected chi connectivity index (χ3v) is 4.71. The molecule has 0 radical (unpaired) electrons. The minimum atomic E-state index is 0.0290. The molecule has 0 amide bonds. The van der Waals surface area contributed by atoms with Gasteiger partial charge in [0.1, 0.15) is 5.82 Å². The van der Waals surface area contributed by atoms with Crippen LogP contribution in [0, 0.1) is 16.6 Å². The lowest BCUT2D eigenvalue weighted by Crippen LogP contribution is -2.27. The molecule has 1 aromatic rings. The van der Waals surface area contributed by atoms with Crippen LogP contribution in [0.2, 0.25) is 0 Å². The Morgan fingerprint density at radius 2 is 2.06 bits per heavy atom. The molecule has 0 aromatic carbocycles. The minimum Gasteiger partial charge on any atom is -0.299 e. The highest BCUT2D eigenvalue weighted by atomic mass is 32.1. The molecule has 2 aliphatic carbocycles. The van der Waals surface area contributed by atoms with E-state index in [0.717, 1.165) is 16.6 Å². The molecule has 1 N–H and O–H groups in total. The number of nitrogens with zero attached hydrogens (tertiary/aromatic N) is 2. The smallest absolute Gasteiger partial charge is 0.195 e. The number of aromatic nitrogens is 3. The Bertz CT molecular complexity index is 480. The van der Waals surface area contributed by atoms with Crippen molar-refractivity contribution < 1.29 is 0 Å². The average molecular weight is 251 g/mol. The van der Waals surface area contributed by atoms with Crippen LogP contribution in [-0.4, -0.2) is 14.8 Å². The van der Waals surface area contributed by atoms with Gasteiger partial charge in [-0.25, -0.2) is 0 Å². The van der Waals surface area contributed by atoms with Crippen molar-refractivity contribution in [2.24, 2.45) is 11.8 Å². The van der Waals surface area contributed by atoms with Crippen molar-refractivity contribution in [2.45, 2.75) is 57.9 Å². The Hall–Kier alpha value is -0.640. The number of nitrogens with one attached hydrogen (secondary N) is 1. The molecule has 3 unspecified atom stereocenters. The molecule has 2 saturated carbocycles. The lowest BCUT2D eigenvalue weighted by Gasteiger charge is -2.27. The summed E-state index contributed by atoms with van der Waals surface area (Å²) in [5.41, 5.74) is 0.0290. The van der Waals surface area contributed by atoms with Crippen LogP contribution in [0.4, 0.5) is 0 Å². The van der Waals surface area contributed by atoms with Crippen molar-refractivity contribution in [1.82, 2.24) is 14.8 Å². The summed E-state index contributed by atoms with van der Waals surface area (Å²) in [4.78, 5) is 0. The average Bonchev–Trinajstić information content (AvgIpc) is 2.88. The first-order valence-corrected chi connectivity index (χ1v) is 7.05. The summed E-state index contributed by atoms with van der Waals surface area (Å²) in [6.45, 7) is 6.61. The van der Waals surface area contributed by atoms with Crippen LogP contribution in [0.25, 0.3) is 0 Å². The number of hydrogen-bond donors (Lipinski definition) is 1. The van der Waals surface area contributed by atoms with Gasteiger partial charge in [0.15, 0.2) is 4.77 Å². The fourth-order valence-corrected chi connectivity index (χ4v) is 4.18. The molecule has 1 aromatic heterocycles. The molecule has 0 saturated heterocycles. The van der Waals surface area contributed by atoms with Crippen LogP contribution >= 0.6 is 12.2 Å². The van der Waals surface area contributed by atoms with Gasteiger partial charge in [0.25, 0.3) is 0 Å². The Morgan fingerprint density at radius 3 is 2.59 bits per heavy atom. The van der Waals surface area contributed by atoms with E-state index in [2.05, 4.69) is 35.5 Å². The summed E-state index contributed by atoms with van der Waals surface area (Å²) in [7, 11) is 0. The predicted octanol–water partition coefficient (Wildman–Crippen LogP) is 3.60. The fourth-order valence-electron chi connectivity index (χ4n) is 3.77. The monoisotopic (exact) mass is 251 g/mol. The van der Waals surface area contributed by atoms with E-state index in [0.29, 0.717) is 5.92 Å². The maximum atomic E-state index is 5.39. The van der Waals surface area contributed by atoms with Crippen LogP contribution in [0.1, 0.15) is 58.2 Å². The molecule has 3 nitrogen and oxygen atoms in total. The van der Waals surface area contributed by atoms with Crippen LogP contribution in [0.3, 0.4) is 0 Å². The molecular formula is C13H21N3S. The van der Waals surface area contributed by atoms with Crippen LogP contribution in [0.5, 0.6) is 0 Å². The summed E-state index contributed by atoms with van der Waals surface area (Å²) < 4.78 is 3.00. The highest BCUT2D eigenvalue weighted by molar-refractivity contribution is 7.71. The first-order chi connectivity index (χ1) is 7.97. The topological polar surface area (TPSA) is 33.6 Å². The molecule has 94 valence electrons. The van der Waals surface area contributed by atoms with Gasteiger partial charge in [0, 0.05) is 11.5 Å². The van der Waals surface area contributed by atoms with E-state index in [1.807, 2.05) is 0 Å². The van der Waals surface area contributed by atoms with Gasteiger partial charge in [-0.1, -0.05) is 6.42 Å². The van der Waals surface area contributed by atoms with Gasteiger partial charge in [-0.05, 0) is 64.1 Å². The zero-order chi connectivity index (χ0) is 12.2. The highest BCUT2D eigenvalue weighted by Gasteiger charge is 2.43. The Labute approximate surface area is 108 Å². The molecule has 0 spiro atoms. The van der Waals surface area contributed by atoms with Crippen molar-refractivity contribution in [3.05, 3.63) is 10.6 Å². The van der Waals surface area contributed by atoms with Crippen molar-refractivity contribution in [2.75, 3.05) is 0 Å². The van der Waals surface area contributed by atoms with Gasteiger partial charge < -0.3 is 0 Å². The standard InChI is InChI=1S/C13H21N3S/c1-13(2,3)16-11(14-15-12(16)17)10-7-8-4-5-9(10)6-8/h8-10H,4-7H2,1-3H3,(H,15,17). The number of aromatic amines is 1. The zero-order valence-electron chi connectivity index (χ0n) is 10.9. The molecular weight excluding hydrogens is 230 g/mol. The summed E-state index contributed by atoms with van der Waals surface area (Å²) >= 11 is 5.39. The molecule has 2 aliphatic rings. The van der Waals surface area contributed by atoms with Gasteiger partial charge in [-0.3, -0.25) is 9.67 Å². The third kappa shape index (κ3) is 1.77. The fraction of sp³-hybridized carbons (Fsp3) is 0.846. The summed E-state index contributed by atoms with van der Waals surface area (Å²) in [6.07, 6.45) is 5.55. The maximum absolute atomic E-state index is 5.39. The normalized spacial score (nSPS) is 32.3. The first kappa shape index (κ1) is 11.5. The Balaban J connectivity index is 2.02. The van der Waals surface area contributed by atoms with E-state index >= 15 is 0 Å². The molecule has 1 heterocycles. The van der Waals surface area contributed by atoms with Gasteiger partial charge in [-0.15, -0.1) is 0 Å². The molecule has 4 heteroatoms. The van der Waals surface area contributed by atoms with Crippen molar-refractivity contribution in [1.29, 1.82) is 0 Å². The molecule has 3 rings (SSSR count). The van der Waals surface area contributed by atoms with Crippen molar-refractivity contribution >= 4 is 12.2 Å². The maximum Gasteiger partial charge on any atom is 0.195 e. The molecule has 17 heavy (non-hydrogen) atoms. The summed E-state index contributed by atoms with van der Waals surface area (Å²) in [5.74, 6) is 3.64. The summed E-state index contributed by atoms with van der Waals surface area (Å²) in [5, 5.41) is 7.52. The van der Waals surface area contributed by atoms with E-state index in [1.54, 1.807) is 0 Å². The lowest BCUT2D eigenvalue weighted by molar-refractivity contribution is 0.333. The minimum absolute atomic E-state index is 0.0290. The van der Waals surface area contributed by atoms with Gasteiger partial charge >= 0.3 is 0 Å². The Kier molecular flexibility index (Phi) is 2.47. The highest BCUT2D eigenvalue weighted by Crippen LogP contribution is 2.52. The molecule has 0 aliphatic heterocycles. The molecule has 2 fully saturated rings. The van der Waals surface area contributed by atoms with Crippen LogP contribution in [0.15, 0.2) is 0 Å². The Morgan fingerprint density at radius 1 is 1.29 bits per heavy atom. The van der Waals surface area contributed by atoms with E-state index in [4.69, 9.17) is 12.2 Å². The van der Waals surface area contributed by atoms with Crippen molar-refractivity contribution in [3.8, 4) is 0 Å².